The van der Waals surface area contributed by atoms with Crippen molar-refractivity contribution in [2.75, 3.05) is 13.2 Å². The van der Waals surface area contributed by atoms with E-state index in [0.29, 0.717) is 0 Å². The van der Waals surface area contributed by atoms with Gasteiger partial charge in [-0.3, -0.25) is 0 Å². The molecule has 0 saturated carbocycles. The van der Waals surface area contributed by atoms with Crippen LogP contribution in [0.15, 0.2) is 0 Å². The zero-order chi connectivity index (χ0) is 10.0. The van der Waals surface area contributed by atoms with Crippen molar-refractivity contribution in [3.8, 4) is 0 Å². The number of aliphatic hydroxyl groups is 5. The molecule has 0 aromatic rings. The van der Waals surface area contributed by atoms with E-state index in [1.807, 2.05) is 0 Å². The third kappa shape index (κ3) is 1.98. The van der Waals surface area contributed by atoms with Crippen molar-refractivity contribution in [2.24, 2.45) is 0 Å². The number of hydrogen-bond donors (Lipinski definition) is 5. The van der Waals surface area contributed by atoms with E-state index in [4.69, 9.17) is 14.9 Å². The van der Waals surface area contributed by atoms with Gasteiger partial charge in [0.2, 0.25) is 0 Å². The zero-order valence-electron chi connectivity index (χ0n) is 6.95. The first-order chi connectivity index (χ1) is 6.11. The molecule has 0 radical (unpaired) electrons. The predicted octanol–water partition coefficient (Wildman–Crippen LogP) is -3.18. The highest BCUT2D eigenvalue weighted by Crippen LogP contribution is 2.20. The minimum Gasteiger partial charge on any atom is -0.394 e. The second kappa shape index (κ2) is 4.32. The van der Waals surface area contributed by atoms with Crippen molar-refractivity contribution in [3.05, 3.63) is 0 Å². The van der Waals surface area contributed by atoms with Crippen LogP contribution in [-0.4, -0.2) is 69.3 Å². The second-order valence-corrected chi connectivity index (χ2v) is 3.05. The van der Waals surface area contributed by atoms with Gasteiger partial charge in [-0.15, -0.1) is 0 Å². The Kier molecular flexibility index (Phi) is 3.60. The summed E-state index contributed by atoms with van der Waals surface area (Å²) in [6.07, 6.45) is -5.99. The van der Waals surface area contributed by atoms with E-state index in [0.717, 1.165) is 0 Å². The molecule has 1 fully saturated rings. The Balaban J connectivity index is 2.66. The molecular weight excluding hydrogens is 180 g/mol. The maximum Gasteiger partial charge on any atom is 0.111 e. The first kappa shape index (κ1) is 10.8. The topological polar surface area (TPSA) is 110 Å². The second-order valence-electron chi connectivity index (χ2n) is 3.05. The van der Waals surface area contributed by atoms with E-state index >= 15 is 0 Å². The van der Waals surface area contributed by atoms with Gasteiger partial charge in [-0.1, -0.05) is 0 Å². The van der Waals surface area contributed by atoms with E-state index in [2.05, 4.69) is 0 Å². The lowest BCUT2D eigenvalue weighted by atomic mass is 9.95. The monoisotopic (exact) mass is 194 g/mol. The average Bonchev–Trinajstić information content (AvgIpc) is 2.15. The summed E-state index contributed by atoms with van der Waals surface area (Å²) in [7, 11) is 0. The Morgan fingerprint density at radius 2 is 1.15 bits per heavy atom. The lowest BCUT2D eigenvalue weighted by Crippen LogP contribution is -2.59. The van der Waals surface area contributed by atoms with Crippen LogP contribution in [0.4, 0.5) is 0 Å². The molecule has 2 unspecified atom stereocenters. The third-order valence-electron chi connectivity index (χ3n) is 2.17. The summed E-state index contributed by atoms with van der Waals surface area (Å²) in [5.74, 6) is 0. The summed E-state index contributed by atoms with van der Waals surface area (Å²) in [6, 6.07) is 0. The molecule has 5 N–H and O–H groups in total. The highest BCUT2D eigenvalue weighted by molar-refractivity contribution is 4.91. The molecule has 0 bridgehead atoms. The molecular formula is C7H14O6. The van der Waals surface area contributed by atoms with E-state index in [1.54, 1.807) is 0 Å². The SMILES string of the molecule is OCC1O[C@H](CO)[C@H](O)C(O)[C@H]1O. The van der Waals surface area contributed by atoms with Gasteiger partial charge in [-0.25, -0.2) is 0 Å². The summed E-state index contributed by atoms with van der Waals surface area (Å²) >= 11 is 0. The van der Waals surface area contributed by atoms with Crippen LogP contribution < -0.4 is 0 Å². The number of hydrogen-bond acceptors (Lipinski definition) is 6. The maximum absolute atomic E-state index is 9.25. The molecule has 6 nitrogen and oxygen atoms in total. The quantitative estimate of drug-likeness (QED) is 0.317. The Labute approximate surface area is 75.0 Å². The predicted molar refractivity (Wildman–Crippen MR) is 40.9 cm³/mol. The fourth-order valence-corrected chi connectivity index (χ4v) is 1.33. The molecule has 78 valence electrons. The number of rotatable bonds is 2. The molecule has 0 amide bonds. The van der Waals surface area contributed by atoms with Gasteiger partial charge in [0, 0.05) is 0 Å². The van der Waals surface area contributed by atoms with Crippen LogP contribution in [0, 0.1) is 0 Å². The van der Waals surface area contributed by atoms with Crippen LogP contribution in [0.5, 0.6) is 0 Å². The molecule has 13 heavy (non-hydrogen) atoms. The molecule has 1 saturated heterocycles. The molecule has 0 aromatic carbocycles. The molecule has 1 aliphatic heterocycles. The Bertz CT molecular complexity index is 143. The van der Waals surface area contributed by atoms with Crippen LogP contribution in [0.1, 0.15) is 0 Å². The third-order valence-corrected chi connectivity index (χ3v) is 2.17. The van der Waals surface area contributed by atoms with Crippen molar-refractivity contribution < 1.29 is 30.3 Å². The van der Waals surface area contributed by atoms with Crippen molar-refractivity contribution in [2.45, 2.75) is 30.5 Å². The molecule has 6 heteroatoms. The smallest absolute Gasteiger partial charge is 0.111 e. The van der Waals surface area contributed by atoms with Gasteiger partial charge in [0.15, 0.2) is 0 Å². The minimum absolute atomic E-state index is 0.471. The Hall–Kier alpha value is -0.240. The average molecular weight is 194 g/mol. The molecule has 0 aliphatic carbocycles. The van der Waals surface area contributed by atoms with E-state index < -0.39 is 43.7 Å². The minimum atomic E-state index is -1.40. The maximum atomic E-state index is 9.25. The summed E-state index contributed by atoms with van der Waals surface area (Å²) in [4.78, 5) is 0. The Morgan fingerprint density at radius 1 is 0.769 bits per heavy atom. The normalized spacial score (nSPS) is 46.4. The number of aliphatic hydroxyl groups excluding tert-OH is 5. The van der Waals surface area contributed by atoms with Crippen LogP contribution in [-0.2, 0) is 4.74 Å². The highest BCUT2D eigenvalue weighted by atomic mass is 16.6. The summed E-state index contributed by atoms with van der Waals surface area (Å²) in [5.41, 5.74) is 0. The summed E-state index contributed by atoms with van der Waals surface area (Å²) in [6.45, 7) is -0.942. The first-order valence-electron chi connectivity index (χ1n) is 4.03. The van der Waals surface area contributed by atoms with Gasteiger partial charge in [0.1, 0.15) is 30.5 Å². The van der Waals surface area contributed by atoms with Crippen LogP contribution >= 0.6 is 0 Å². The van der Waals surface area contributed by atoms with Gasteiger partial charge in [0.05, 0.1) is 13.2 Å². The van der Waals surface area contributed by atoms with Crippen molar-refractivity contribution in [3.63, 3.8) is 0 Å². The van der Waals surface area contributed by atoms with Gasteiger partial charge in [0.25, 0.3) is 0 Å². The van der Waals surface area contributed by atoms with Gasteiger partial charge < -0.3 is 30.3 Å². The first-order valence-corrected chi connectivity index (χ1v) is 4.03. The standard InChI is InChI=1S/C7H14O6/c8-1-3-5(10)7(12)6(11)4(2-9)13-3/h3-12H,1-2H2/t3-,4?,5+,6+,7?/m1/s1. The molecule has 1 rings (SSSR count). The summed E-state index contributed by atoms with van der Waals surface area (Å²) in [5, 5.41) is 45.2. The summed E-state index contributed by atoms with van der Waals surface area (Å²) < 4.78 is 4.92. The van der Waals surface area contributed by atoms with Gasteiger partial charge >= 0.3 is 0 Å². The molecule has 0 aromatic heterocycles. The van der Waals surface area contributed by atoms with Crippen LogP contribution in [0.25, 0.3) is 0 Å². The largest absolute Gasteiger partial charge is 0.394 e. The van der Waals surface area contributed by atoms with Crippen LogP contribution in [0.2, 0.25) is 0 Å². The van der Waals surface area contributed by atoms with E-state index in [9.17, 15) is 15.3 Å². The lowest BCUT2D eigenvalue weighted by molar-refractivity contribution is -0.235. The molecule has 1 aliphatic rings. The van der Waals surface area contributed by atoms with E-state index in [1.165, 1.54) is 0 Å². The fraction of sp³-hybridized carbons (Fsp3) is 1.00. The van der Waals surface area contributed by atoms with Crippen molar-refractivity contribution in [1.82, 2.24) is 0 Å². The van der Waals surface area contributed by atoms with Gasteiger partial charge in [-0.2, -0.15) is 0 Å². The van der Waals surface area contributed by atoms with Gasteiger partial charge in [-0.05, 0) is 0 Å². The highest BCUT2D eigenvalue weighted by Gasteiger charge is 2.42. The fourth-order valence-electron chi connectivity index (χ4n) is 1.33. The van der Waals surface area contributed by atoms with Crippen molar-refractivity contribution in [1.29, 1.82) is 0 Å². The molecule has 5 atom stereocenters. The molecule has 1 heterocycles. The van der Waals surface area contributed by atoms with E-state index in [-0.39, 0.29) is 0 Å². The molecule has 0 spiro atoms. The lowest BCUT2D eigenvalue weighted by Gasteiger charge is -2.39. The van der Waals surface area contributed by atoms with Crippen molar-refractivity contribution >= 4 is 0 Å². The Morgan fingerprint density at radius 3 is 1.46 bits per heavy atom. The zero-order valence-corrected chi connectivity index (χ0v) is 6.95. The van der Waals surface area contributed by atoms with Crippen LogP contribution in [0.3, 0.4) is 0 Å². The number of ether oxygens (including phenoxy) is 1.